The lowest BCUT2D eigenvalue weighted by Crippen LogP contribution is -2.45. The summed E-state index contributed by atoms with van der Waals surface area (Å²) >= 11 is 0. The fourth-order valence-corrected chi connectivity index (χ4v) is 1.70. The van der Waals surface area contributed by atoms with Crippen molar-refractivity contribution >= 4 is 11.8 Å². The normalized spacial score (nSPS) is 10.4. The van der Waals surface area contributed by atoms with Gasteiger partial charge in [-0.25, -0.2) is 0 Å². The summed E-state index contributed by atoms with van der Waals surface area (Å²) in [4.78, 5) is 22.8. The van der Waals surface area contributed by atoms with Crippen molar-refractivity contribution in [2.75, 3.05) is 0 Å². The predicted octanol–water partition coefficient (Wildman–Crippen LogP) is 0.378. The van der Waals surface area contributed by atoms with Crippen LogP contribution >= 0.6 is 0 Å². The van der Waals surface area contributed by atoms with Crippen LogP contribution in [-0.2, 0) is 11.3 Å². The van der Waals surface area contributed by atoms with Crippen LogP contribution in [0.5, 0.6) is 0 Å². The van der Waals surface area contributed by atoms with Crippen molar-refractivity contribution in [2.45, 2.75) is 39.3 Å². The number of nitrogens with two attached hydrogens (primary N) is 1. The monoisotopic (exact) mass is 250 g/mol. The number of carbonyl (C=O) groups is 2. The highest BCUT2D eigenvalue weighted by Gasteiger charge is 2.14. The standard InChI is InChI=1S/C13H19N3O2/c1-3-11(4-2)15-12(17)9-16-7-5-6-10(8-16)13(14)18/h5-8,11H,3-4,9H2,1-2H3,(H2-,14,15,17,18)/p+1. The minimum atomic E-state index is -0.496. The molecule has 3 N–H and O–H groups in total. The summed E-state index contributed by atoms with van der Waals surface area (Å²) < 4.78 is 1.65. The fourth-order valence-electron chi connectivity index (χ4n) is 1.70. The van der Waals surface area contributed by atoms with Crippen LogP contribution in [0.2, 0.25) is 0 Å². The molecule has 0 saturated heterocycles. The smallest absolute Gasteiger partial charge is 0.286 e. The number of pyridine rings is 1. The van der Waals surface area contributed by atoms with E-state index in [4.69, 9.17) is 5.73 Å². The van der Waals surface area contributed by atoms with Gasteiger partial charge in [-0.1, -0.05) is 13.8 Å². The number of primary amides is 1. The quantitative estimate of drug-likeness (QED) is 0.716. The Hall–Kier alpha value is -1.91. The van der Waals surface area contributed by atoms with Crippen molar-refractivity contribution < 1.29 is 14.2 Å². The summed E-state index contributed by atoms with van der Waals surface area (Å²) in [6.07, 6.45) is 5.14. The highest BCUT2D eigenvalue weighted by atomic mass is 16.2. The van der Waals surface area contributed by atoms with Gasteiger partial charge in [0.25, 0.3) is 11.8 Å². The molecule has 0 fully saturated rings. The first kappa shape index (κ1) is 14.2. The van der Waals surface area contributed by atoms with Gasteiger partial charge in [-0.3, -0.25) is 9.59 Å². The van der Waals surface area contributed by atoms with Crippen molar-refractivity contribution in [3.05, 3.63) is 30.1 Å². The third kappa shape index (κ3) is 4.16. The molecule has 2 amide bonds. The van der Waals surface area contributed by atoms with Gasteiger partial charge in [0.05, 0.1) is 0 Å². The van der Waals surface area contributed by atoms with Gasteiger partial charge in [-0.05, 0) is 18.9 Å². The molecule has 18 heavy (non-hydrogen) atoms. The predicted molar refractivity (Wildman–Crippen MR) is 67.7 cm³/mol. The van der Waals surface area contributed by atoms with E-state index in [1.165, 1.54) is 0 Å². The zero-order chi connectivity index (χ0) is 13.5. The van der Waals surface area contributed by atoms with Crippen LogP contribution in [0.1, 0.15) is 37.0 Å². The summed E-state index contributed by atoms with van der Waals surface area (Å²) in [6, 6.07) is 3.53. The lowest BCUT2D eigenvalue weighted by atomic mass is 10.2. The van der Waals surface area contributed by atoms with E-state index in [1.807, 2.05) is 13.8 Å². The van der Waals surface area contributed by atoms with E-state index in [0.29, 0.717) is 5.56 Å². The maximum Gasteiger partial charge on any atom is 0.286 e. The summed E-state index contributed by atoms with van der Waals surface area (Å²) in [6.45, 7) is 4.27. The van der Waals surface area contributed by atoms with E-state index < -0.39 is 5.91 Å². The minimum absolute atomic E-state index is 0.0599. The van der Waals surface area contributed by atoms with Crippen LogP contribution in [0.25, 0.3) is 0 Å². The van der Waals surface area contributed by atoms with Gasteiger partial charge >= 0.3 is 0 Å². The zero-order valence-electron chi connectivity index (χ0n) is 10.8. The first-order valence-electron chi connectivity index (χ1n) is 6.15. The first-order valence-corrected chi connectivity index (χ1v) is 6.15. The Morgan fingerprint density at radius 1 is 1.39 bits per heavy atom. The summed E-state index contributed by atoms with van der Waals surface area (Å²) in [5.74, 6) is -0.555. The number of aromatic nitrogens is 1. The highest BCUT2D eigenvalue weighted by Crippen LogP contribution is 1.96. The number of hydrogen-bond donors (Lipinski definition) is 2. The maximum atomic E-state index is 11.8. The van der Waals surface area contributed by atoms with Gasteiger partial charge in [-0.15, -0.1) is 0 Å². The zero-order valence-corrected chi connectivity index (χ0v) is 10.8. The van der Waals surface area contributed by atoms with E-state index in [-0.39, 0.29) is 18.5 Å². The topological polar surface area (TPSA) is 76.1 Å². The molecule has 0 radical (unpaired) electrons. The Balaban J connectivity index is 2.64. The number of amides is 2. The molecular weight excluding hydrogens is 230 g/mol. The van der Waals surface area contributed by atoms with Gasteiger partial charge in [0, 0.05) is 12.1 Å². The number of nitrogens with zero attached hydrogens (tertiary/aromatic N) is 1. The molecule has 0 spiro atoms. The van der Waals surface area contributed by atoms with Crippen LogP contribution in [0.15, 0.2) is 24.5 Å². The lowest BCUT2D eigenvalue weighted by Gasteiger charge is -2.13. The van der Waals surface area contributed by atoms with E-state index in [2.05, 4.69) is 5.32 Å². The number of carbonyl (C=O) groups excluding carboxylic acids is 2. The van der Waals surface area contributed by atoms with E-state index in [1.54, 1.807) is 29.1 Å². The summed E-state index contributed by atoms with van der Waals surface area (Å²) in [7, 11) is 0. The van der Waals surface area contributed by atoms with Crippen molar-refractivity contribution in [3.63, 3.8) is 0 Å². The average molecular weight is 250 g/mol. The molecule has 1 aromatic heterocycles. The van der Waals surface area contributed by atoms with Crippen molar-refractivity contribution in [1.82, 2.24) is 5.32 Å². The number of nitrogens with one attached hydrogen (secondary N) is 1. The maximum absolute atomic E-state index is 11.8. The van der Waals surface area contributed by atoms with Crippen molar-refractivity contribution in [2.24, 2.45) is 5.73 Å². The van der Waals surface area contributed by atoms with Crippen LogP contribution < -0.4 is 15.6 Å². The molecule has 0 unspecified atom stereocenters. The Bertz CT molecular complexity index is 428. The molecule has 0 aromatic carbocycles. The van der Waals surface area contributed by atoms with Gasteiger partial charge in [-0.2, -0.15) is 4.57 Å². The third-order valence-corrected chi connectivity index (χ3v) is 2.82. The molecule has 0 aliphatic heterocycles. The van der Waals surface area contributed by atoms with Crippen LogP contribution in [0.3, 0.4) is 0 Å². The Kier molecular flexibility index (Phi) is 5.30. The molecule has 0 aliphatic carbocycles. The number of rotatable bonds is 6. The van der Waals surface area contributed by atoms with Crippen molar-refractivity contribution in [3.8, 4) is 0 Å². The third-order valence-electron chi connectivity index (χ3n) is 2.82. The molecule has 1 rings (SSSR count). The SMILES string of the molecule is CCC(CC)NC(=O)C[n+]1cccc(C(N)=O)c1. The Morgan fingerprint density at radius 3 is 2.61 bits per heavy atom. The fraction of sp³-hybridized carbons (Fsp3) is 0.462. The molecular formula is C13H20N3O2+. The second-order valence-corrected chi connectivity index (χ2v) is 4.21. The van der Waals surface area contributed by atoms with Crippen LogP contribution in [-0.4, -0.2) is 17.9 Å². The average Bonchev–Trinajstić information content (AvgIpc) is 2.36. The largest absolute Gasteiger partial charge is 0.365 e. The van der Waals surface area contributed by atoms with Gasteiger partial charge in [0.1, 0.15) is 5.56 Å². The molecule has 0 saturated carbocycles. The Morgan fingerprint density at radius 2 is 2.06 bits per heavy atom. The molecule has 5 nitrogen and oxygen atoms in total. The molecule has 0 atom stereocenters. The second-order valence-electron chi connectivity index (χ2n) is 4.21. The highest BCUT2D eigenvalue weighted by molar-refractivity contribution is 5.92. The number of hydrogen-bond acceptors (Lipinski definition) is 2. The molecule has 0 bridgehead atoms. The van der Waals surface area contributed by atoms with E-state index in [9.17, 15) is 9.59 Å². The van der Waals surface area contributed by atoms with Crippen LogP contribution in [0, 0.1) is 0 Å². The second kappa shape index (κ2) is 6.74. The van der Waals surface area contributed by atoms with Gasteiger partial charge in [0.2, 0.25) is 6.54 Å². The molecule has 5 heteroatoms. The van der Waals surface area contributed by atoms with Crippen LogP contribution in [0.4, 0.5) is 0 Å². The summed E-state index contributed by atoms with van der Waals surface area (Å²) in [5, 5.41) is 2.94. The Labute approximate surface area is 107 Å². The van der Waals surface area contributed by atoms with E-state index in [0.717, 1.165) is 12.8 Å². The molecule has 0 aliphatic rings. The van der Waals surface area contributed by atoms with Crippen molar-refractivity contribution in [1.29, 1.82) is 0 Å². The summed E-state index contributed by atoms with van der Waals surface area (Å²) in [5.41, 5.74) is 5.58. The molecule has 98 valence electrons. The van der Waals surface area contributed by atoms with Gasteiger partial charge < -0.3 is 11.1 Å². The molecule has 1 aromatic rings. The minimum Gasteiger partial charge on any atom is -0.365 e. The lowest BCUT2D eigenvalue weighted by molar-refractivity contribution is -0.684. The van der Waals surface area contributed by atoms with E-state index >= 15 is 0 Å². The first-order chi connectivity index (χ1) is 8.56. The molecule has 1 heterocycles. The van der Waals surface area contributed by atoms with Gasteiger partial charge in [0.15, 0.2) is 12.4 Å².